The van der Waals surface area contributed by atoms with Crippen molar-refractivity contribution >= 4 is 16.6 Å². The molecule has 1 aromatic heterocycles. The Balaban J connectivity index is 1.84. The molecule has 3 rings (SSSR count). The number of hydrogen-bond donors (Lipinski definition) is 1. The molecule has 0 saturated heterocycles. The molecule has 1 N–H and O–H groups in total. The highest BCUT2D eigenvalue weighted by atomic mass is 16.3. The first-order valence-corrected chi connectivity index (χ1v) is 6.33. The van der Waals surface area contributed by atoms with E-state index in [2.05, 4.69) is 28.2 Å². The Morgan fingerprint density at radius 2 is 2.11 bits per heavy atom. The fourth-order valence-corrected chi connectivity index (χ4v) is 2.63. The summed E-state index contributed by atoms with van der Waals surface area (Å²) in [5.74, 6) is 0.594. The van der Waals surface area contributed by atoms with Crippen molar-refractivity contribution in [2.45, 2.75) is 18.9 Å². The van der Waals surface area contributed by atoms with E-state index in [0.717, 1.165) is 36.0 Å². The van der Waals surface area contributed by atoms with Crippen LogP contribution in [0.3, 0.4) is 0 Å². The summed E-state index contributed by atoms with van der Waals surface area (Å²) < 4.78 is 0. The quantitative estimate of drug-likeness (QED) is 0.893. The van der Waals surface area contributed by atoms with Gasteiger partial charge in [-0.3, -0.25) is 0 Å². The Bertz CT molecular complexity index is 546. The largest absolute Gasteiger partial charge is 0.393 e. The van der Waals surface area contributed by atoms with Crippen LogP contribution in [0.15, 0.2) is 30.5 Å². The van der Waals surface area contributed by atoms with Gasteiger partial charge < -0.3 is 10.0 Å². The number of fused-ring (bicyclic) bond motifs is 1. The smallest absolute Gasteiger partial charge is 0.0950 e. The number of aliphatic hydroxyl groups excluding tert-OH is 1. The molecular formula is C14H17N3O. The van der Waals surface area contributed by atoms with Crippen LogP contribution in [0.25, 0.3) is 10.9 Å². The van der Waals surface area contributed by atoms with Crippen molar-refractivity contribution < 1.29 is 5.11 Å². The topological polar surface area (TPSA) is 49.2 Å². The zero-order valence-corrected chi connectivity index (χ0v) is 10.5. The van der Waals surface area contributed by atoms with Gasteiger partial charge >= 0.3 is 0 Å². The molecule has 0 aliphatic heterocycles. The Hall–Kier alpha value is -1.68. The molecule has 18 heavy (non-hydrogen) atoms. The van der Waals surface area contributed by atoms with Crippen LogP contribution in [0.1, 0.15) is 12.8 Å². The van der Waals surface area contributed by atoms with E-state index in [-0.39, 0.29) is 6.10 Å². The Morgan fingerprint density at radius 3 is 2.89 bits per heavy atom. The average Bonchev–Trinajstić information content (AvgIpc) is 2.36. The number of aliphatic hydroxyl groups is 1. The summed E-state index contributed by atoms with van der Waals surface area (Å²) in [7, 11) is 2.08. The van der Waals surface area contributed by atoms with Crippen LogP contribution in [0.2, 0.25) is 0 Å². The van der Waals surface area contributed by atoms with Gasteiger partial charge in [0.2, 0.25) is 0 Å². The second-order valence-corrected chi connectivity index (χ2v) is 5.12. The zero-order valence-electron chi connectivity index (χ0n) is 10.5. The molecule has 1 heterocycles. The minimum absolute atomic E-state index is 0.0873. The van der Waals surface area contributed by atoms with Gasteiger partial charge in [-0.1, -0.05) is 18.2 Å². The van der Waals surface area contributed by atoms with E-state index < -0.39 is 0 Å². The molecule has 1 aromatic carbocycles. The molecule has 4 nitrogen and oxygen atoms in total. The van der Waals surface area contributed by atoms with Crippen LogP contribution in [-0.4, -0.2) is 35.0 Å². The lowest BCUT2D eigenvalue weighted by Crippen LogP contribution is -2.37. The predicted octanol–water partition coefficient (Wildman–Crippen LogP) is 1.84. The van der Waals surface area contributed by atoms with Gasteiger partial charge in [0.05, 0.1) is 23.5 Å². The molecule has 4 heteroatoms. The fourth-order valence-electron chi connectivity index (χ4n) is 2.63. The summed E-state index contributed by atoms with van der Waals surface area (Å²) in [6, 6.07) is 8.05. The molecular weight excluding hydrogens is 226 g/mol. The highest BCUT2D eigenvalue weighted by Crippen LogP contribution is 2.30. The fraction of sp³-hybridized carbons (Fsp3) is 0.429. The molecule has 94 valence electrons. The summed E-state index contributed by atoms with van der Waals surface area (Å²) in [6.07, 6.45) is 3.56. The Morgan fingerprint density at radius 1 is 1.33 bits per heavy atom. The maximum absolute atomic E-state index is 9.33. The van der Waals surface area contributed by atoms with Gasteiger partial charge in [0.1, 0.15) is 0 Å². The van der Waals surface area contributed by atoms with Crippen molar-refractivity contribution in [3.05, 3.63) is 30.5 Å². The number of benzene rings is 1. The van der Waals surface area contributed by atoms with E-state index in [1.807, 2.05) is 24.4 Å². The number of hydrogen-bond acceptors (Lipinski definition) is 4. The van der Waals surface area contributed by atoms with E-state index in [4.69, 9.17) is 0 Å². The molecule has 2 aromatic rings. The second kappa shape index (κ2) is 4.53. The zero-order chi connectivity index (χ0) is 12.5. The molecule has 1 saturated carbocycles. The average molecular weight is 243 g/mol. The third-order valence-corrected chi connectivity index (χ3v) is 3.68. The van der Waals surface area contributed by atoms with Gasteiger partial charge in [-0.25, -0.2) is 0 Å². The molecule has 0 radical (unpaired) electrons. The van der Waals surface area contributed by atoms with Crippen LogP contribution in [0, 0.1) is 5.92 Å². The van der Waals surface area contributed by atoms with Gasteiger partial charge in [0.25, 0.3) is 0 Å². The normalized spacial score (nSPS) is 22.8. The number of anilines is 1. The first kappa shape index (κ1) is 11.4. The number of nitrogens with zero attached hydrogens (tertiary/aromatic N) is 3. The molecule has 0 bridgehead atoms. The molecule has 0 spiro atoms. The lowest BCUT2D eigenvalue weighted by molar-refractivity contribution is 0.0465. The summed E-state index contributed by atoms with van der Waals surface area (Å²) >= 11 is 0. The summed E-state index contributed by atoms with van der Waals surface area (Å²) in [6.45, 7) is 0.965. The van der Waals surface area contributed by atoms with Crippen molar-refractivity contribution in [1.82, 2.24) is 10.2 Å². The Kier molecular flexibility index (Phi) is 2.88. The number of rotatable bonds is 3. The van der Waals surface area contributed by atoms with Gasteiger partial charge in [-0.2, -0.15) is 10.2 Å². The van der Waals surface area contributed by atoms with E-state index in [9.17, 15) is 5.11 Å². The van der Waals surface area contributed by atoms with Crippen LogP contribution in [-0.2, 0) is 0 Å². The molecule has 0 unspecified atom stereocenters. The summed E-state index contributed by atoms with van der Waals surface area (Å²) in [4.78, 5) is 2.22. The minimum atomic E-state index is -0.0873. The monoisotopic (exact) mass is 243 g/mol. The van der Waals surface area contributed by atoms with Crippen molar-refractivity contribution in [3.63, 3.8) is 0 Å². The molecule has 1 aliphatic rings. The third kappa shape index (κ3) is 2.04. The Labute approximate surface area is 106 Å². The van der Waals surface area contributed by atoms with Crippen LogP contribution >= 0.6 is 0 Å². The van der Waals surface area contributed by atoms with E-state index >= 15 is 0 Å². The van der Waals surface area contributed by atoms with E-state index in [1.165, 1.54) is 0 Å². The standard InChI is InChI=1S/C14H17N3O/c1-17(9-10-6-11(18)7-10)14-8-15-16-13-5-3-2-4-12(13)14/h2-5,8,10-11,18H,6-7,9H2,1H3. The van der Waals surface area contributed by atoms with Crippen LogP contribution < -0.4 is 4.90 Å². The second-order valence-electron chi connectivity index (χ2n) is 5.12. The number of aromatic nitrogens is 2. The van der Waals surface area contributed by atoms with Crippen molar-refractivity contribution in [2.24, 2.45) is 5.92 Å². The van der Waals surface area contributed by atoms with Crippen molar-refractivity contribution in [2.75, 3.05) is 18.5 Å². The van der Waals surface area contributed by atoms with Gasteiger partial charge in [0, 0.05) is 19.0 Å². The van der Waals surface area contributed by atoms with E-state index in [0.29, 0.717) is 5.92 Å². The van der Waals surface area contributed by atoms with Gasteiger partial charge in [-0.15, -0.1) is 0 Å². The summed E-state index contributed by atoms with van der Waals surface area (Å²) in [5.41, 5.74) is 2.04. The van der Waals surface area contributed by atoms with Crippen LogP contribution in [0.5, 0.6) is 0 Å². The maximum atomic E-state index is 9.33. The van der Waals surface area contributed by atoms with E-state index in [1.54, 1.807) is 0 Å². The molecule has 1 aliphatic carbocycles. The molecule has 0 amide bonds. The SMILES string of the molecule is CN(CC1CC(O)C1)c1cnnc2ccccc12. The molecule has 0 atom stereocenters. The third-order valence-electron chi connectivity index (χ3n) is 3.68. The summed E-state index contributed by atoms with van der Waals surface area (Å²) in [5, 5.41) is 18.7. The van der Waals surface area contributed by atoms with Crippen LogP contribution in [0.4, 0.5) is 5.69 Å². The van der Waals surface area contributed by atoms with Crippen molar-refractivity contribution in [3.8, 4) is 0 Å². The predicted molar refractivity (Wildman–Crippen MR) is 71.5 cm³/mol. The highest BCUT2D eigenvalue weighted by molar-refractivity contribution is 5.90. The van der Waals surface area contributed by atoms with Gasteiger partial charge in [0.15, 0.2) is 0 Å². The molecule has 1 fully saturated rings. The lowest BCUT2D eigenvalue weighted by atomic mass is 9.82. The van der Waals surface area contributed by atoms with Crippen molar-refractivity contribution in [1.29, 1.82) is 0 Å². The highest BCUT2D eigenvalue weighted by Gasteiger charge is 2.28. The minimum Gasteiger partial charge on any atom is -0.393 e. The lowest BCUT2D eigenvalue weighted by Gasteiger charge is -2.35. The van der Waals surface area contributed by atoms with Gasteiger partial charge in [-0.05, 0) is 24.8 Å². The maximum Gasteiger partial charge on any atom is 0.0950 e. The first-order valence-electron chi connectivity index (χ1n) is 6.33. The first-order chi connectivity index (χ1) is 8.74.